The van der Waals surface area contributed by atoms with Gasteiger partial charge in [0.2, 0.25) is 0 Å². The molecule has 0 aliphatic carbocycles. The van der Waals surface area contributed by atoms with E-state index in [9.17, 15) is 0 Å². The van der Waals surface area contributed by atoms with E-state index in [0.717, 1.165) is 6.54 Å². The molecule has 2 atom stereocenters. The van der Waals surface area contributed by atoms with Crippen LogP contribution in [0.3, 0.4) is 0 Å². The van der Waals surface area contributed by atoms with Gasteiger partial charge in [-0.05, 0) is 44.4 Å². The molecule has 2 unspecified atom stereocenters. The standard InChI is InChI=1S/C16H23N3/c1-12-5-6-16(9-13(12)2)15(4)18-14(3)10-19-8-7-17-11-19/h5-9,11,14-15,18H,10H2,1-4H3. The van der Waals surface area contributed by atoms with Crippen molar-refractivity contribution in [1.29, 1.82) is 0 Å². The maximum atomic E-state index is 4.07. The Balaban J connectivity index is 1.96. The lowest BCUT2D eigenvalue weighted by molar-refractivity contribution is 0.430. The molecule has 3 nitrogen and oxygen atoms in total. The zero-order valence-corrected chi connectivity index (χ0v) is 12.2. The third kappa shape index (κ3) is 3.67. The lowest BCUT2D eigenvalue weighted by Gasteiger charge is -2.21. The maximum absolute atomic E-state index is 4.07. The summed E-state index contributed by atoms with van der Waals surface area (Å²) in [6.45, 7) is 9.68. The number of rotatable bonds is 5. The van der Waals surface area contributed by atoms with Gasteiger partial charge in [0, 0.05) is 31.0 Å². The van der Waals surface area contributed by atoms with Gasteiger partial charge in [0.05, 0.1) is 6.33 Å². The number of aromatic nitrogens is 2. The molecule has 0 saturated carbocycles. The van der Waals surface area contributed by atoms with Crippen LogP contribution in [0.4, 0.5) is 0 Å². The summed E-state index contributed by atoms with van der Waals surface area (Å²) in [5.74, 6) is 0. The highest BCUT2D eigenvalue weighted by Gasteiger charge is 2.10. The van der Waals surface area contributed by atoms with Crippen LogP contribution in [0, 0.1) is 13.8 Å². The normalized spacial score (nSPS) is 14.3. The molecule has 0 saturated heterocycles. The molecule has 0 radical (unpaired) electrons. The third-order valence-corrected chi connectivity index (χ3v) is 3.61. The highest BCUT2D eigenvalue weighted by atomic mass is 15.1. The van der Waals surface area contributed by atoms with Crippen LogP contribution in [0.2, 0.25) is 0 Å². The van der Waals surface area contributed by atoms with Gasteiger partial charge in [-0.3, -0.25) is 0 Å². The Hall–Kier alpha value is -1.61. The monoisotopic (exact) mass is 257 g/mol. The van der Waals surface area contributed by atoms with Gasteiger partial charge < -0.3 is 9.88 Å². The molecular formula is C16H23N3. The van der Waals surface area contributed by atoms with Crippen molar-refractivity contribution < 1.29 is 0 Å². The van der Waals surface area contributed by atoms with E-state index in [1.54, 1.807) is 0 Å². The van der Waals surface area contributed by atoms with Gasteiger partial charge in [-0.15, -0.1) is 0 Å². The van der Waals surface area contributed by atoms with Crippen LogP contribution in [-0.2, 0) is 6.54 Å². The van der Waals surface area contributed by atoms with Crippen molar-refractivity contribution in [2.24, 2.45) is 0 Å². The minimum absolute atomic E-state index is 0.359. The third-order valence-electron chi connectivity index (χ3n) is 3.61. The highest BCUT2D eigenvalue weighted by Crippen LogP contribution is 2.17. The molecule has 2 aromatic rings. The first-order valence-corrected chi connectivity index (χ1v) is 6.85. The van der Waals surface area contributed by atoms with Crippen molar-refractivity contribution in [3.8, 4) is 0 Å². The van der Waals surface area contributed by atoms with Crippen molar-refractivity contribution >= 4 is 0 Å². The first-order valence-electron chi connectivity index (χ1n) is 6.85. The predicted octanol–water partition coefficient (Wildman–Crippen LogP) is 3.24. The van der Waals surface area contributed by atoms with Crippen molar-refractivity contribution in [1.82, 2.24) is 14.9 Å². The summed E-state index contributed by atoms with van der Waals surface area (Å²) >= 11 is 0. The molecule has 0 fully saturated rings. The fraction of sp³-hybridized carbons (Fsp3) is 0.438. The second-order valence-corrected chi connectivity index (χ2v) is 5.39. The molecule has 1 aromatic carbocycles. The number of nitrogens with one attached hydrogen (secondary N) is 1. The summed E-state index contributed by atoms with van der Waals surface area (Å²) in [6, 6.07) is 7.45. The number of hydrogen-bond acceptors (Lipinski definition) is 2. The zero-order valence-electron chi connectivity index (χ0n) is 12.2. The molecule has 1 N–H and O–H groups in total. The van der Waals surface area contributed by atoms with Gasteiger partial charge in [0.1, 0.15) is 0 Å². The van der Waals surface area contributed by atoms with Gasteiger partial charge in [-0.25, -0.2) is 4.98 Å². The molecule has 1 heterocycles. The van der Waals surface area contributed by atoms with E-state index in [0.29, 0.717) is 12.1 Å². The van der Waals surface area contributed by atoms with Gasteiger partial charge in [-0.1, -0.05) is 18.2 Å². The maximum Gasteiger partial charge on any atom is 0.0946 e. The number of imidazole rings is 1. The molecule has 0 spiro atoms. The summed E-state index contributed by atoms with van der Waals surface area (Å²) in [5.41, 5.74) is 4.05. The summed E-state index contributed by atoms with van der Waals surface area (Å²) in [7, 11) is 0. The van der Waals surface area contributed by atoms with Gasteiger partial charge in [-0.2, -0.15) is 0 Å². The quantitative estimate of drug-likeness (QED) is 0.891. The minimum Gasteiger partial charge on any atom is -0.336 e. The van der Waals surface area contributed by atoms with Crippen molar-refractivity contribution in [2.75, 3.05) is 0 Å². The molecule has 0 bridgehead atoms. The molecule has 102 valence electrons. The highest BCUT2D eigenvalue weighted by molar-refractivity contribution is 5.31. The van der Waals surface area contributed by atoms with E-state index in [1.165, 1.54) is 16.7 Å². The Kier molecular flexibility index (Phi) is 4.38. The second kappa shape index (κ2) is 6.02. The van der Waals surface area contributed by atoms with Crippen LogP contribution in [0.5, 0.6) is 0 Å². The van der Waals surface area contributed by atoms with Crippen molar-refractivity contribution in [2.45, 2.75) is 46.3 Å². The molecule has 0 amide bonds. The summed E-state index contributed by atoms with van der Waals surface area (Å²) < 4.78 is 2.10. The zero-order chi connectivity index (χ0) is 13.8. The van der Waals surface area contributed by atoms with E-state index in [2.05, 4.69) is 60.8 Å². The average Bonchev–Trinajstić information content (AvgIpc) is 2.85. The van der Waals surface area contributed by atoms with Crippen molar-refractivity contribution in [3.05, 3.63) is 53.6 Å². The smallest absolute Gasteiger partial charge is 0.0946 e. The van der Waals surface area contributed by atoms with Crippen LogP contribution in [0.25, 0.3) is 0 Å². The predicted molar refractivity (Wildman–Crippen MR) is 79.2 cm³/mol. The Morgan fingerprint density at radius 1 is 1.21 bits per heavy atom. The molecule has 0 aliphatic heterocycles. The van der Waals surface area contributed by atoms with Crippen LogP contribution in [0.15, 0.2) is 36.9 Å². The Labute approximate surface area is 115 Å². The lowest BCUT2D eigenvalue weighted by Crippen LogP contribution is -2.32. The second-order valence-electron chi connectivity index (χ2n) is 5.39. The molecule has 0 aliphatic rings. The van der Waals surface area contributed by atoms with Crippen LogP contribution >= 0.6 is 0 Å². The number of nitrogens with zero attached hydrogens (tertiary/aromatic N) is 2. The van der Waals surface area contributed by atoms with Crippen LogP contribution in [0.1, 0.15) is 36.6 Å². The Morgan fingerprint density at radius 2 is 2.00 bits per heavy atom. The lowest BCUT2D eigenvalue weighted by atomic mass is 10.0. The van der Waals surface area contributed by atoms with Gasteiger partial charge >= 0.3 is 0 Å². The Bertz CT molecular complexity index is 517. The molecule has 1 aromatic heterocycles. The topological polar surface area (TPSA) is 29.9 Å². The molecule has 2 rings (SSSR count). The average molecular weight is 257 g/mol. The number of aryl methyl sites for hydroxylation is 2. The van der Waals surface area contributed by atoms with Crippen LogP contribution in [-0.4, -0.2) is 15.6 Å². The van der Waals surface area contributed by atoms with Crippen molar-refractivity contribution in [3.63, 3.8) is 0 Å². The fourth-order valence-electron chi connectivity index (χ4n) is 2.32. The summed E-state index contributed by atoms with van der Waals surface area (Å²) in [5, 5.41) is 3.63. The largest absolute Gasteiger partial charge is 0.336 e. The van der Waals surface area contributed by atoms with E-state index in [-0.39, 0.29) is 0 Å². The molecular weight excluding hydrogens is 234 g/mol. The first kappa shape index (κ1) is 13.8. The number of hydrogen-bond donors (Lipinski definition) is 1. The van der Waals surface area contributed by atoms with Crippen LogP contribution < -0.4 is 5.32 Å². The molecule has 19 heavy (non-hydrogen) atoms. The Morgan fingerprint density at radius 3 is 2.63 bits per heavy atom. The SMILES string of the molecule is Cc1ccc(C(C)NC(C)Cn2ccnc2)cc1C. The number of benzene rings is 1. The minimum atomic E-state index is 0.359. The molecule has 3 heteroatoms. The van der Waals surface area contributed by atoms with E-state index in [1.807, 2.05) is 18.7 Å². The van der Waals surface area contributed by atoms with E-state index >= 15 is 0 Å². The first-order chi connectivity index (χ1) is 9.06. The van der Waals surface area contributed by atoms with Gasteiger partial charge in [0.15, 0.2) is 0 Å². The fourth-order valence-corrected chi connectivity index (χ4v) is 2.32. The summed E-state index contributed by atoms with van der Waals surface area (Å²) in [6.07, 6.45) is 5.68. The summed E-state index contributed by atoms with van der Waals surface area (Å²) in [4.78, 5) is 4.07. The van der Waals surface area contributed by atoms with Gasteiger partial charge in [0.25, 0.3) is 0 Å². The van der Waals surface area contributed by atoms with E-state index in [4.69, 9.17) is 0 Å². The van der Waals surface area contributed by atoms with E-state index < -0.39 is 0 Å².